The van der Waals surface area contributed by atoms with Crippen molar-refractivity contribution in [2.45, 2.75) is 42.0 Å². The number of ether oxygens (including phenoxy) is 1. The summed E-state index contributed by atoms with van der Waals surface area (Å²) in [6.07, 6.45) is 0.136. The molecule has 1 saturated carbocycles. The predicted octanol–water partition coefficient (Wildman–Crippen LogP) is 0.820. The number of benzene rings is 1. The molecule has 17 heteroatoms. The lowest BCUT2D eigenvalue weighted by Gasteiger charge is -2.43. The number of sulfonamides is 1. The molecule has 0 atom stereocenters. The predicted molar refractivity (Wildman–Crippen MR) is 123 cm³/mol. The number of aliphatic hydroxyl groups excluding tert-OH is 1. The summed E-state index contributed by atoms with van der Waals surface area (Å²) in [6, 6.07) is 4.83. The Kier molecular flexibility index (Phi) is 6.89. The normalized spacial score (nSPS) is 22.3. The van der Waals surface area contributed by atoms with Gasteiger partial charge >= 0.3 is 12.1 Å². The van der Waals surface area contributed by atoms with E-state index in [4.69, 9.17) is 20.4 Å². The highest BCUT2D eigenvalue weighted by molar-refractivity contribution is 7.89. The number of carbonyl (C=O) groups is 1. The summed E-state index contributed by atoms with van der Waals surface area (Å²) in [4.78, 5) is 21.6. The number of aliphatic hydroxyl groups is 1. The molecule has 204 valence electrons. The summed E-state index contributed by atoms with van der Waals surface area (Å²) < 4.78 is 67.7. The molecule has 2 aliphatic heterocycles. The van der Waals surface area contributed by atoms with Crippen LogP contribution in [0.4, 0.5) is 19.0 Å². The summed E-state index contributed by atoms with van der Waals surface area (Å²) in [5.41, 5.74) is 6.54. The summed E-state index contributed by atoms with van der Waals surface area (Å²) in [6.45, 7) is 1.99. The highest BCUT2D eigenvalue weighted by atomic mass is 32.2. The van der Waals surface area contributed by atoms with Crippen molar-refractivity contribution < 1.29 is 41.3 Å². The number of nitrogens with one attached hydrogen (secondary N) is 1. The molecule has 2 saturated heterocycles. The van der Waals surface area contributed by atoms with Crippen LogP contribution in [0.2, 0.25) is 0 Å². The Balaban J connectivity index is 0.000000426. The number of fused-ring (bicyclic) bond motifs is 1. The number of hydrogen-bond acceptors (Lipinski definition) is 10. The molecule has 2 bridgehead atoms. The minimum atomic E-state index is -5.08. The smallest absolute Gasteiger partial charge is 0.475 e. The number of nitrogens with zero attached hydrogens (tertiary/aromatic N) is 5. The third-order valence-electron chi connectivity index (χ3n) is 6.07. The topological polar surface area (TPSA) is 195 Å². The van der Waals surface area contributed by atoms with Crippen LogP contribution >= 0.6 is 0 Å². The number of hydrogen-bond donors (Lipinski definition) is 4. The average Bonchev–Trinajstić information content (AvgIpc) is 3.55. The van der Waals surface area contributed by atoms with E-state index in [2.05, 4.69) is 24.8 Å². The van der Waals surface area contributed by atoms with Crippen LogP contribution in [0.3, 0.4) is 0 Å². The van der Waals surface area contributed by atoms with Crippen molar-refractivity contribution in [3.63, 3.8) is 0 Å². The standard InChI is InChI=1S/C19H21N7O4S.C2HF3O2/c1-12-2-3-13(31(28,29)25-18-6-19(7-18,8-27)30-9-18)4-14(12)15-5-22-16(20)17(24-15)26-11-21-10-23-26;3-2(4,5)1(6)7/h2-5,10-11,25,27H,6-9H2,1H3,(H2,20,22);(H,6,7). The van der Waals surface area contributed by atoms with Gasteiger partial charge in [-0.1, -0.05) is 6.07 Å². The van der Waals surface area contributed by atoms with Gasteiger partial charge in [-0.2, -0.15) is 23.0 Å². The number of carboxylic acid groups (broad SMARTS) is 1. The van der Waals surface area contributed by atoms with Gasteiger partial charge in [-0.05, 0) is 24.6 Å². The van der Waals surface area contributed by atoms with Crippen molar-refractivity contribution in [1.82, 2.24) is 29.5 Å². The summed E-state index contributed by atoms with van der Waals surface area (Å²) in [5, 5.41) is 20.6. The third-order valence-corrected chi connectivity index (χ3v) is 7.65. The van der Waals surface area contributed by atoms with E-state index in [0.717, 1.165) is 5.56 Å². The Bertz CT molecular complexity index is 1460. The van der Waals surface area contributed by atoms with Gasteiger partial charge in [0.1, 0.15) is 12.7 Å². The number of anilines is 1. The van der Waals surface area contributed by atoms with Crippen LogP contribution in [-0.4, -0.2) is 79.9 Å². The molecular weight excluding hydrogens is 535 g/mol. The van der Waals surface area contributed by atoms with Gasteiger partial charge in [0.15, 0.2) is 11.6 Å². The van der Waals surface area contributed by atoms with Gasteiger partial charge in [0, 0.05) is 18.4 Å². The molecule has 4 heterocycles. The van der Waals surface area contributed by atoms with E-state index < -0.39 is 33.3 Å². The fourth-order valence-corrected chi connectivity index (χ4v) is 5.74. The number of alkyl halides is 3. The molecule has 13 nitrogen and oxygen atoms in total. The van der Waals surface area contributed by atoms with Crippen LogP contribution in [0, 0.1) is 6.92 Å². The molecule has 2 aromatic heterocycles. The van der Waals surface area contributed by atoms with E-state index in [-0.39, 0.29) is 23.9 Å². The lowest BCUT2D eigenvalue weighted by molar-refractivity contribution is -0.192. The maximum absolute atomic E-state index is 13.1. The second kappa shape index (κ2) is 9.57. The number of nitrogen functional groups attached to an aromatic ring is 1. The quantitative estimate of drug-likeness (QED) is 0.335. The zero-order chi connectivity index (χ0) is 27.9. The first kappa shape index (κ1) is 27.4. The molecule has 0 spiro atoms. The number of aryl methyl sites for hydroxylation is 1. The first-order valence-corrected chi connectivity index (χ1v) is 12.4. The summed E-state index contributed by atoms with van der Waals surface area (Å²) in [5.74, 6) is -2.28. The van der Waals surface area contributed by atoms with Gasteiger partial charge < -0.3 is 20.7 Å². The summed E-state index contributed by atoms with van der Waals surface area (Å²) >= 11 is 0. The molecule has 5 N–H and O–H groups in total. The fourth-order valence-electron chi connectivity index (χ4n) is 4.33. The van der Waals surface area contributed by atoms with Gasteiger partial charge in [-0.15, -0.1) is 0 Å². The fraction of sp³-hybridized carbons (Fsp3) is 0.381. The van der Waals surface area contributed by atoms with Crippen LogP contribution in [0.15, 0.2) is 41.9 Å². The van der Waals surface area contributed by atoms with Crippen molar-refractivity contribution >= 4 is 21.8 Å². The van der Waals surface area contributed by atoms with Crippen LogP contribution in [-0.2, 0) is 19.6 Å². The SMILES string of the molecule is Cc1ccc(S(=O)(=O)NC23COC(CO)(C2)C3)cc1-c1cnc(N)c(-n2cncn2)n1.O=C(O)C(F)(F)F. The molecule has 0 radical (unpaired) electrons. The number of halogens is 3. The Morgan fingerprint density at radius 3 is 2.55 bits per heavy atom. The van der Waals surface area contributed by atoms with E-state index in [1.165, 1.54) is 23.5 Å². The molecular formula is C21H22F3N7O6S. The molecule has 3 fully saturated rings. The maximum atomic E-state index is 13.1. The van der Waals surface area contributed by atoms with Crippen LogP contribution in [0.1, 0.15) is 18.4 Å². The van der Waals surface area contributed by atoms with Crippen molar-refractivity contribution in [2.24, 2.45) is 0 Å². The van der Waals surface area contributed by atoms with Gasteiger partial charge in [-0.3, -0.25) is 0 Å². The Labute approximate surface area is 213 Å². The zero-order valence-corrected chi connectivity index (χ0v) is 20.5. The molecule has 38 heavy (non-hydrogen) atoms. The average molecular weight is 558 g/mol. The Morgan fingerprint density at radius 2 is 2.00 bits per heavy atom. The number of aromatic nitrogens is 5. The van der Waals surface area contributed by atoms with Gasteiger partial charge in [0.05, 0.1) is 41.1 Å². The number of aliphatic carboxylic acids is 1. The van der Waals surface area contributed by atoms with E-state index in [1.54, 1.807) is 18.2 Å². The first-order valence-electron chi connectivity index (χ1n) is 10.9. The minimum Gasteiger partial charge on any atom is -0.475 e. The van der Waals surface area contributed by atoms with E-state index in [9.17, 15) is 26.7 Å². The highest BCUT2D eigenvalue weighted by Crippen LogP contribution is 2.51. The molecule has 1 aliphatic carbocycles. The molecule has 3 aliphatic rings. The third kappa shape index (κ3) is 5.31. The van der Waals surface area contributed by atoms with Crippen LogP contribution < -0.4 is 10.5 Å². The van der Waals surface area contributed by atoms with Gasteiger partial charge in [0.2, 0.25) is 10.0 Å². The zero-order valence-electron chi connectivity index (χ0n) is 19.7. The second-order valence-electron chi connectivity index (χ2n) is 8.95. The van der Waals surface area contributed by atoms with E-state index >= 15 is 0 Å². The number of rotatable bonds is 6. The van der Waals surface area contributed by atoms with Gasteiger partial charge in [-0.25, -0.2) is 32.9 Å². The van der Waals surface area contributed by atoms with Crippen molar-refractivity contribution in [1.29, 1.82) is 0 Å². The monoisotopic (exact) mass is 557 g/mol. The molecule has 6 rings (SSSR count). The Morgan fingerprint density at radius 1 is 1.32 bits per heavy atom. The molecule has 0 unspecified atom stereocenters. The van der Waals surface area contributed by atoms with E-state index in [0.29, 0.717) is 29.9 Å². The van der Waals surface area contributed by atoms with Gasteiger partial charge in [0.25, 0.3) is 0 Å². The molecule has 3 aromatic rings. The molecule has 1 aromatic carbocycles. The van der Waals surface area contributed by atoms with Crippen molar-refractivity contribution in [3.05, 3.63) is 42.6 Å². The first-order chi connectivity index (χ1) is 17.7. The van der Waals surface area contributed by atoms with Crippen LogP contribution in [0.5, 0.6) is 0 Å². The minimum absolute atomic E-state index is 0.108. The van der Waals surface area contributed by atoms with Crippen LogP contribution in [0.25, 0.3) is 17.1 Å². The lowest BCUT2D eigenvalue weighted by Crippen LogP contribution is -2.60. The van der Waals surface area contributed by atoms with Crippen molar-refractivity contribution in [3.8, 4) is 17.1 Å². The lowest BCUT2D eigenvalue weighted by atomic mass is 9.69. The number of nitrogens with two attached hydrogens (primary N) is 1. The second-order valence-corrected chi connectivity index (χ2v) is 10.6. The van der Waals surface area contributed by atoms with Crippen molar-refractivity contribution in [2.75, 3.05) is 18.9 Å². The maximum Gasteiger partial charge on any atom is 0.490 e. The largest absolute Gasteiger partial charge is 0.490 e. The Hall–Kier alpha value is -3.67. The summed E-state index contributed by atoms with van der Waals surface area (Å²) in [7, 11) is -3.82. The number of carboxylic acids is 1. The highest BCUT2D eigenvalue weighted by Gasteiger charge is 2.63. The molecule has 0 amide bonds. The van der Waals surface area contributed by atoms with E-state index in [1.807, 2.05) is 6.92 Å².